The Balaban J connectivity index is 2.39. The van der Waals surface area contributed by atoms with Crippen LogP contribution in [0.3, 0.4) is 0 Å². The van der Waals surface area contributed by atoms with Gasteiger partial charge in [-0.25, -0.2) is 0 Å². The van der Waals surface area contributed by atoms with Crippen molar-refractivity contribution in [2.24, 2.45) is 0 Å². The van der Waals surface area contributed by atoms with E-state index in [4.69, 9.17) is 21.1 Å². The molecule has 0 amide bonds. The van der Waals surface area contributed by atoms with Gasteiger partial charge in [-0.15, -0.1) is 0 Å². The molecule has 1 aliphatic rings. The molecule has 1 heterocycles. The van der Waals surface area contributed by atoms with Crippen molar-refractivity contribution in [3.63, 3.8) is 0 Å². The quantitative estimate of drug-likeness (QED) is 0.866. The largest absolute Gasteiger partial charge is 0.489 e. The maximum Gasteiger partial charge on any atom is 0.180 e. The molecule has 88 valence electrons. The summed E-state index contributed by atoms with van der Waals surface area (Å²) >= 11 is 6.06. The van der Waals surface area contributed by atoms with Crippen LogP contribution in [-0.4, -0.2) is 24.4 Å². The molecule has 1 atom stereocenters. The molecule has 4 heteroatoms. The van der Waals surface area contributed by atoms with Gasteiger partial charge in [0.05, 0.1) is 24.3 Å². The van der Waals surface area contributed by atoms with Gasteiger partial charge in [-0.1, -0.05) is 17.7 Å². The summed E-state index contributed by atoms with van der Waals surface area (Å²) in [6.45, 7) is 2.99. The van der Waals surface area contributed by atoms with Crippen molar-refractivity contribution >= 4 is 11.6 Å². The summed E-state index contributed by atoms with van der Waals surface area (Å²) in [4.78, 5) is 0. The van der Waals surface area contributed by atoms with Gasteiger partial charge in [0, 0.05) is 18.4 Å². The molecule has 1 unspecified atom stereocenters. The van der Waals surface area contributed by atoms with E-state index < -0.39 is 6.10 Å². The Bertz CT molecular complexity index is 377. The maximum atomic E-state index is 9.42. The number of aliphatic hydroxyl groups excluding tert-OH is 1. The molecule has 0 spiro atoms. The van der Waals surface area contributed by atoms with Crippen molar-refractivity contribution in [1.29, 1.82) is 0 Å². The van der Waals surface area contributed by atoms with E-state index in [9.17, 15) is 5.11 Å². The zero-order valence-electron chi connectivity index (χ0n) is 9.20. The van der Waals surface area contributed by atoms with E-state index in [0.29, 0.717) is 36.2 Å². The minimum absolute atomic E-state index is 0.405. The fourth-order valence-corrected chi connectivity index (χ4v) is 1.96. The predicted molar refractivity (Wildman–Crippen MR) is 62.4 cm³/mol. The zero-order valence-corrected chi connectivity index (χ0v) is 9.96. The lowest BCUT2D eigenvalue weighted by Gasteiger charge is -2.14. The molecule has 0 radical (unpaired) electrons. The second-order valence-electron chi connectivity index (χ2n) is 3.97. The van der Waals surface area contributed by atoms with Crippen molar-refractivity contribution in [2.75, 3.05) is 13.2 Å². The second kappa shape index (κ2) is 4.93. The number of ether oxygens (including phenoxy) is 2. The lowest BCUT2D eigenvalue weighted by atomic mass is 10.1. The van der Waals surface area contributed by atoms with Crippen molar-refractivity contribution in [3.05, 3.63) is 22.7 Å². The average molecular weight is 243 g/mol. The highest BCUT2D eigenvalue weighted by Crippen LogP contribution is 2.40. The molecule has 1 N–H and O–H groups in total. The Hall–Kier alpha value is -0.930. The Labute approximate surface area is 99.9 Å². The van der Waals surface area contributed by atoms with Crippen LogP contribution in [-0.2, 0) is 6.42 Å². The van der Waals surface area contributed by atoms with E-state index >= 15 is 0 Å². The van der Waals surface area contributed by atoms with Crippen molar-refractivity contribution in [2.45, 2.75) is 25.9 Å². The molecule has 0 fully saturated rings. The number of fused-ring (bicyclic) bond motifs is 1. The van der Waals surface area contributed by atoms with Crippen LogP contribution in [0.15, 0.2) is 12.1 Å². The Morgan fingerprint density at radius 3 is 2.69 bits per heavy atom. The first-order valence-corrected chi connectivity index (χ1v) is 5.81. The fraction of sp³-hybridized carbons (Fsp3) is 0.500. The maximum absolute atomic E-state index is 9.42. The van der Waals surface area contributed by atoms with Crippen LogP contribution in [0.2, 0.25) is 5.02 Å². The van der Waals surface area contributed by atoms with Crippen molar-refractivity contribution in [3.8, 4) is 11.5 Å². The third-order valence-corrected chi connectivity index (χ3v) is 2.74. The summed E-state index contributed by atoms with van der Waals surface area (Å²) in [7, 11) is 0. The highest BCUT2D eigenvalue weighted by Gasteiger charge is 2.18. The smallest absolute Gasteiger partial charge is 0.180 e. The molecular formula is C12H15ClO3. The van der Waals surface area contributed by atoms with Crippen LogP contribution in [0.4, 0.5) is 0 Å². The highest BCUT2D eigenvalue weighted by molar-refractivity contribution is 6.32. The summed E-state index contributed by atoms with van der Waals surface area (Å²) in [6.07, 6.45) is 0.985. The summed E-state index contributed by atoms with van der Waals surface area (Å²) in [5.74, 6) is 1.29. The number of benzene rings is 1. The van der Waals surface area contributed by atoms with Gasteiger partial charge in [0.15, 0.2) is 11.5 Å². The van der Waals surface area contributed by atoms with Crippen LogP contribution in [0.1, 0.15) is 18.9 Å². The minimum atomic E-state index is -0.405. The molecule has 1 aliphatic heterocycles. The first-order valence-electron chi connectivity index (χ1n) is 5.43. The molecule has 1 aromatic rings. The monoisotopic (exact) mass is 242 g/mol. The van der Waals surface area contributed by atoms with Gasteiger partial charge in [-0.2, -0.15) is 0 Å². The number of rotatable bonds is 2. The molecule has 0 bridgehead atoms. The lowest BCUT2D eigenvalue weighted by Crippen LogP contribution is -2.07. The van der Waals surface area contributed by atoms with Crippen LogP contribution in [0, 0.1) is 0 Å². The van der Waals surface area contributed by atoms with E-state index in [1.54, 1.807) is 13.0 Å². The van der Waals surface area contributed by atoms with Crippen LogP contribution in [0.25, 0.3) is 0 Å². The topological polar surface area (TPSA) is 38.7 Å². The number of hydrogen-bond acceptors (Lipinski definition) is 3. The molecule has 2 rings (SSSR count). The standard InChI is InChI=1S/C12H15ClO3/c1-8(14)7-9-3-4-10(13)12-11(9)15-5-2-6-16-12/h3-4,8,14H,2,5-7H2,1H3. The van der Waals surface area contributed by atoms with E-state index in [1.807, 2.05) is 6.07 Å². The minimum Gasteiger partial charge on any atom is -0.489 e. The SMILES string of the molecule is CC(O)Cc1ccc(Cl)c2c1OCCCO2. The van der Waals surface area contributed by atoms with E-state index in [1.165, 1.54) is 0 Å². The van der Waals surface area contributed by atoms with Crippen LogP contribution >= 0.6 is 11.6 Å². The van der Waals surface area contributed by atoms with Crippen LogP contribution in [0.5, 0.6) is 11.5 Å². The van der Waals surface area contributed by atoms with Crippen molar-refractivity contribution in [1.82, 2.24) is 0 Å². The molecule has 0 aliphatic carbocycles. The first-order chi connectivity index (χ1) is 7.68. The van der Waals surface area contributed by atoms with E-state index in [-0.39, 0.29) is 0 Å². The van der Waals surface area contributed by atoms with Gasteiger partial charge < -0.3 is 14.6 Å². The zero-order chi connectivity index (χ0) is 11.5. The van der Waals surface area contributed by atoms with Gasteiger partial charge in [0.1, 0.15) is 0 Å². The highest BCUT2D eigenvalue weighted by atomic mass is 35.5. The average Bonchev–Trinajstić information content (AvgIpc) is 2.47. The summed E-state index contributed by atoms with van der Waals surface area (Å²) in [5, 5.41) is 9.98. The van der Waals surface area contributed by atoms with E-state index in [0.717, 1.165) is 12.0 Å². The molecule has 3 nitrogen and oxygen atoms in total. The molecule has 16 heavy (non-hydrogen) atoms. The van der Waals surface area contributed by atoms with Gasteiger partial charge in [0.2, 0.25) is 0 Å². The second-order valence-corrected chi connectivity index (χ2v) is 4.38. The Morgan fingerprint density at radius 2 is 2.00 bits per heavy atom. The number of aliphatic hydroxyl groups is 1. The third kappa shape index (κ3) is 2.42. The van der Waals surface area contributed by atoms with Gasteiger partial charge in [-0.3, -0.25) is 0 Å². The molecule has 0 saturated heterocycles. The third-order valence-electron chi connectivity index (χ3n) is 2.44. The van der Waals surface area contributed by atoms with E-state index in [2.05, 4.69) is 0 Å². The first kappa shape index (κ1) is 11.6. The van der Waals surface area contributed by atoms with Gasteiger partial charge >= 0.3 is 0 Å². The van der Waals surface area contributed by atoms with Crippen LogP contribution < -0.4 is 9.47 Å². The summed E-state index contributed by atoms with van der Waals surface area (Å²) < 4.78 is 11.2. The number of hydrogen-bond donors (Lipinski definition) is 1. The van der Waals surface area contributed by atoms with Gasteiger partial charge in [0.25, 0.3) is 0 Å². The Kier molecular flexibility index (Phi) is 3.56. The lowest BCUT2D eigenvalue weighted by molar-refractivity contribution is 0.193. The molecule has 0 aromatic heterocycles. The molecule has 0 saturated carbocycles. The normalized spacial score (nSPS) is 16.7. The molecular weight excluding hydrogens is 228 g/mol. The van der Waals surface area contributed by atoms with Gasteiger partial charge in [-0.05, 0) is 13.0 Å². The predicted octanol–water partition coefficient (Wildman–Crippen LogP) is 2.42. The summed E-state index contributed by atoms with van der Waals surface area (Å²) in [5.41, 5.74) is 0.941. The van der Waals surface area contributed by atoms with Crippen molar-refractivity contribution < 1.29 is 14.6 Å². The fourth-order valence-electron chi connectivity index (χ4n) is 1.76. The molecule has 1 aromatic carbocycles. The summed E-state index contributed by atoms with van der Waals surface area (Å²) in [6, 6.07) is 3.66. The number of halogens is 1. The Morgan fingerprint density at radius 1 is 1.31 bits per heavy atom.